The van der Waals surface area contributed by atoms with Gasteiger partial charge in [0.1, 0.15) is 6.54 Å². The van der Waals surface area contributed by atoms with Gasteiger partial charge in [-0.15, -0.1) is 0 Å². The molecular formula is C8H15N2O8P. The SMILES string of the molecule is CCN(CC(=O)O)C(=O)N(C)C.O=C=O.O=P(=O)O. The van der Waals surface area contributed by atoms with E-state index in [2.05, 4.69) is 0 Å². The van der Waals surface area contributed by atoms with E-state index >= 15 is 0 Å². The first-order valence-electron chi connectivity index (χ1n) is 4.64. The van der Waals surface area contributed by atoms with Crippen molar-refractivity contribution < 1.29 is 38.3 Å². The molecule has 0 aromatic carbocycles. The number of carbonyl (C=O) groups is 2. The number of hydrogen-bond acceptors (Lipinski definition) is 6. The Bertz CT molecular complexity index is 365. The maximum atomic E-state index is 11.2. The Balaban J connectivity index is -0.000000303. The Morgan fingerprint density at radius 2 is 1.53 bits per heavy atom. The van der Waals surface area contributed by atoms with Crippen molar-refractivity contribution >= 4 is 26.1 Å². The van der Waals surface area contributed by atoms with E-state index in [-0.39, 0.29) is 18.7 Å². The molecule has 0 aromatic heterocycles. The van der Waals surface area contributed by atoms with Crippen LogP contribution in [-0.2, 0) is 23.5 Å². The van der Waals surface area contributed by atoms with Gasteiger partial charge in [-0.2, -0.15) is 9.59 Å². The van der Waals surface area contributed by atoms with Gasteiger partial charge in [0, 0.05) is 20.6 Å². The fraction of sp³-hybridized carbons (Fsp3) is 0.625. The molecule has 0 aromatic rings. The molecular weight excluding hydrogens is 283 g/mol. The summed E-state index contributed by atoms with van der Waals surface area (Å²) in [5, 5.41) is 8.43. The summed E-state index contributed by atoms with van der Waals surface area (Å²) in [5.41, 5.74) is 0. The molecule has 0 atom stereocenters. The number of hydrogen-bond donors (Lipinski definition) is 2. The third-order valence-electron chi connectivity index (χ3n) is 1.36. The Morgan fingerprint density at radius 1 is 1.21 bits per heavy atom. The van der Waals surface area contributed by atoms with Crippen LogP contribution < -0.4 is 0 Å². The topological polar surface area (TPSA) is 149 Å². The largest absolute Gasteiger partial charge is 0.480 e. The number of amides is 2. The average Bonchev–Trinajstić information content (AvgIpc) is 2.24. The van der Waals surface area contributed by atoms with E-state index < -0.39 is 13.9 Å². The number of carbonyl (C=O) groups excluding carboxylic acids is 3. The van der Waals surface area contributed by atoms with Crippen molar-refractivity contribution in [3.05, 3.63) is 0 Å². The Morgan fingerprint density at radius 3 is 1.68 bits per heavy atom. The van der Waals surface area contributed by atoms with Gasteiger partial charge < -0.3 is 14.9 Å². The highest BCUT2D eigenvalue weighted by atomic mass is 31.1. The molecule has 0 spiro atoms. The van der Waals surface area contributed by atoms with Crippen LogP contribution >= 0.6 is 7.91 Å². The standard InChI is InChI=1S/C7H14N2O3.CO2.HO3P/c1-4-9(5-6(10)11)7(12)8(2)3;2-1-3;1-4(2)3/h4-5H2,1-3H3,(H,10,11);;(H,1,2,3). The summed E-state index contributed by atoms with van der Waals surface area (Å²) in [6.45, 7) is 1.90. The molecule has 2 N–H and O–H groups in total. The van der Waals surface area contributed by atoms with Crippen LogP contribution in [0.1, 0.15) is 6.92 Å². The van der Waals surface area contributed by atoms with Crippen LogP contribution in [0.2, 0.25) is 0 Å². The first kappa shape index (κ1) is 22.2. The summed E-state index contributed by atoms with van der Waals surface area (Å²) in [6, 6.07) is -0.278. The van der Waals surface area contributed by atoms with Crippen LogP contribution in [0.5, 0.6) is 0 Å². The highest BCUT2D eigenvalue weighted by Gasteiger charge is 2.15. The van der Waals surface area contributed by atoms with Crippen LogP contribution in [0.3, 0.4) is 0 Å². The summed E-state index contributed by atoms with van der Waals surface area (Å²) in [4.78, 5) is 47.3. The van der Waals surface area contributed by atoms with Crippen molar-refractivity contribution in [2.45, 2.75) is 6.92 Å². The number of aliphatic carboxylic acids is 1. The lowest BCUT2D eigenvalue weighted by molar-refractivity contribution is -0.191. The first-order chi connectivity index (χ1) is 8.63. The first-order valence-corrected chi connectivity index (χ1v) is 5.77. The number of nitrogens with zero attached hydrogens (tertiary/aromatic N) is 2. The van der Waals surface area contributed by atoms with E-state index in [1.54, 1.807) is 21.0 Å². The molecule has 0 fully saturated rings. The van der Waals surface area contributed by atoms with Crippen molar-refractivity contribution in [1.29, 1.82) is 0 Å². The Hall–Kier alpha value is -2.02. The molecule has 0 saturated heterocycles. The van der Waals surface area contributed by atoms with Gasteiger partial charge in [-0.05, 0) is 6.92 Å². The second kappa shape index (κ2) is 14.0. The van der Waals surface area contributed by atoms with Crippen LogP contribution in [0.25, 0.3) is 0 Å². The number of carboxylic acids is 1. The van der Waals surface area contributed by atoms with Gasteiger partial charge in [-0.1, -0.05) is 0 Å². The maximum absolute atomic E-state index is 11.2. The van der Waals surface area contributed by atoms with Gasteiger partial charge in [-0.3, -0.25) is 9.69 Å². The number of likely N-dealkylation sites (N-methyl/N-ethyl adjacent to an activating group) is 1. The smallest absolute Gasteiger partial charge is 0.465 e. The predicted octanol–water partition coefficient (Wildman–Crippen LogP) is -0.442. The predicted molar refractivity (Wildman–Crippen MR) is 59.5 cm³/mol. The molecule has 0 radical (unpaired) electrons. The third kappa shape index (κ3) is 21.8. The Kier molecular flexibility index (Phi) is 16.4. The quantitative estimate of drug-likeness (QED) is 0.665. The van der Waals surface area contributed by atoms with Gasteiger partial charge in [0.05, 0.1) is 0 Å². The average molecular weight is 298 g/mol. The van der Waals surface area contributed by atoms with Crippen molar-refractivity contribution in [3.63, 3.8) is 0 Å². The van der Waals surface area contributed by atoms with Gasteiger partial charge in [0.2, 0.25) is 0 Å². The summed E-state index contributed by atoms with van der Waals surface area (Å²) < 4.78 is 17.2. The molecule has 11 heteroatoms. The molecule has 0 saturated carbocycles. The zero-order valence-corrected chi connectivity index (χ0v) is 11.5. The molecule has 2 amide bonds. The van der Waals surface area contributed by atoms with Crippen molar-refractivity contribution in [1.82, 2.24) is 9.80 Å². The number of rotatable bonds is 3. The van der Waals surface area contributed by atoms with Crippen molar-refractivity contribution in [3.8, 4) is 0 Å². The van der Waals surface area contributed by atoms with Gasteiger partial charge >= 0.3 is 26.1 Å². The molecule has 0 aliphatic rings. The fourth-order valence-electron chi connectivity index (χ4n) is 0.761. The summed E-state index contributed by atoms with van der Waals surface area (Å²) in [7, 11) is 0.0599. The highest BCUT2D eigenvalue weighted by Crippen LogP contribution is 1.93. The van der Waals surface area contributed by atoms with Gasteiger partial charge in [0.15, 0.2) is 0 Å². The minimum Gasteiger partial charge on any atom is -0.480 e. The zero-order chi connectivity index (χ0) is 16.0. The van der Waals surface area contributed by atoms with E-state index in [1.807, 2.05) is 0 Å². The minimum atomic E-state index is -3.12. The lowest BCUT2D eigenvalue weighted by Gasteiger charge is -2.22. The summed E-state index contributed by atoms with van der Waals surface area (Å²) in [6.07, 6.45) is 0.250. The second-order valence-corrected chi connectivity index (χ2v) is 3.38. The molecule has 10 nitrogen and oxygen atoms in total. The number of urea groups is 1. The van der Waals surface area contributed by atoms with E-state index in [4.69, 9.17) is 28.7 Å². The second-order valence-electron chi connectivity index (χ2n) is 2.91. The molecule has 0 aliphatic carbocycles. The van der Waals surface area contributed by atoms with E-state index in [0.717, 1.165) is 0 Å². The molecule has 19 heavy (non-hydrogen) atoms. The van der Waals surface area contributed by atoms with Gasteiger partial charge in [0.25, 0.3) is 0 Å². The van der Waals surface area contributed by atoms with Crippen LogP contribution in [-0.4, -0.2) is 65.1 Å². The van der Waals surface area contributed by atoms with E-state index in [1.165, 1.54) is 9.80 Å². The summed E-state index contributed by atoms with van der Waals surface area (Å²) >= 11 is 0. The lowest BCUT2D eigenvalue weighted by Crippen LogP contribution is -2.41. The molecule has 0 bridgehead atoms. The molecule has 0 unspecified atom stereocenters. The van der Waals surface area contributed by atoms with Crippen LogP contribution in [0, 0.1) is 0 Å². The normalized spacial score (nSPS) is 7.58. The molecule has 0 heterocycles. The maximum Gasteiger partial charge on any atom is 0.465 e. The Labute approximate surface area is 109 Å². The number of carboxylic acid groups (broad SMARTS) is 1. The van der Waals surface area contributed by atoms with Gasteiger partial charge in [-0.25, -0.2) is 13.9 Å². The minimum absolute atomic E-state index is 0.243. The van der Waals surface area contributed by atoms with Crippen LogP contribution in [0.15, 0.2) is 0 Å². The molecule has 110 valence electrons. The van der Waals surface area contributed by atoms with E-state index in [0.29, 0.717) is 6.54 Å². The van der Waals surface area contributed by atoms with Crippen molar-refractivity contribution in [2.24, 2.45) is 0 Å². The molecule has 0 aliphatic heterocycles. The summed E-state index contributed by atoms with van der Waals surface area (Å²) in [5.74, 6) is -0.993. The third-order valence-corrected chi connectivity index (χ3v) is 1.36. The van der Waals surface area contributed by atoms with E-state index in [9.17, 15) is 9.59 Å². The fourth-order valence-corrected chi connectivity index (χ4v) is 0.761. The van der Waals surface area contributed by atoms with Crippen molar-refractivity contribution in [2.75, 3.05) is 27.2 Å². The molecule has 0 rings (SSSR count). The van der Waals surface area contributed by atoms with Crippen LogP contribution in [0.4, 0.5) is 4.79 Å². The monoisotopic (exact) mass is 298 g/mol. The zero-order valence-electron chi connectivity index (χ0n) is 10.6. The highest BCUT2D eigenvalue weighted by molar-refractivity contribution is 7.23. The lowest BCUT2D eigenvalue weighted by atomic mass is 10.5.